The molecule has 1 fully saturated rings. The molecule has 1 atom stereocenters. The van der Waals surface area contributed by atoms with Crippen LogP contribution in [0.25, 0.3) is 10.1 Å². The monoisotopic (exact) mass is 397 g/mol. The van der Waals surface area contributed by atoms with E-state index in [1.807, 2.05) is 42.5 Å². The number of halogens is 1. The molecule has 0 bridgehead atoms. The Morgan fingerprint density at radius 2 is 1.93 bits per heavy atom. The third-order valence-corrected chi connectivity index (χ3v) is 6.12. The van der Waals surface area contributed by atoms with Crippen molar-refractivity contribution in [1.82, 2.24) is 9.80 Å². The predicted octanol–water partition coefficient (Wildman–Crippen LogP) is 4.11. The molecule has 2 aromatic carbocycles. The molecular weight excluding hydrogens is 380 g/mol. The smallest absolute Gasteiger partial charge is 0.245 e. The second-order valence-electron chi connectivity index (χ2n) is 6.70. The van der Waals surface area contributed by atoms with E-state index in [1.54, 1.807) is 28.1 Å². The predicted molar refractivity (Wildman–Crippen MR) is 108 cm³/mol. The summed E-state index contributed by atoms with van der Waals surface area (Å²) in [5.41, 5.74) is 0.997. The summed E-state index contributed by atoms with van der Waals surface area (Å²) < 4.78 is 1.09. The standard InChI is InChI=1S/C21H18ClN2O2S/c1-14-21(26)23(12-18-9-16-7-8-17(22)10-19(16)27-18)13-20(25)24(14)11-15-5-3-2-4-6-15/h3-10,14H,11-13H2,1H3/t14-/m1/s1. The number of piperazine rings is 1. The van der Waals surface area contributed by atoms with Gasteiger partial charge in [0.05, 0.1) is 6.54 Å². The number of hydrogen-bond donors (Lipinski definition) is 0. The van der Waals surface area contributed by atoms with E-state index in [2.05, 4.69) is 12.1 Å². The fraction of sp³-hybridized carbons (Fsp3) is 0.238. The summed E-state index contributed by atoms with van der Waals surface area (Å²) in [5, 5.41) is 1.80. The second kappa shape index (κ2) is 7.33. The lowest BCUT2D eigenvalue weighted by Gasteiger charge is -2.38. The van der Waals surface area contributed by atoms with E-state index in [0.717, 1.165) is 20.5 Å². The van der Waals surface area contributed by atoms with Gasteiger partial charge < -0.3 is 9.80 Å². The van der Waals surface area contributed by atoms with E-state index in [1.165, 1.54) is 0 Å². The Bertz CT molecular complexity index is 1000. The summed E-state index contributed by atoms with van der Waals surface area (Å²) in [6.45, 7) is 2.79. The normalized spacial score (nSPS) is 17.8. The van der Waals surface area contributed by atoms with E-state index in [9.17, 15) is 9.59 Å². The van der Waals surface area contributed by atoms with Crippen LogP contribution in [-0.4, -0.2) is 34.2 Å². The first-order valence-electron chi connectivity index (χ1n) is 8.72. The fourth-order valence-corrected chi connectivity index (χ4v) is 4.71. The second-order valence-corrected chi connectivity index (χ2v) is 8.30. The molecule has 4 rings (SSSR count). The van der Waals surface area contributed by atoms with Crippen molar-refractivity contribution in [3.05, 3.63) is 70.1 Å². The van der Waals surface area contributed by atoms with Gasteiger partial charge in [0.2, 0.25) is 11.8 Å². The maximum atomic E-state index is 12.9. The molecule has 3 aromatic rings. The van der Waals surface area contributed by atoms with Gasteiger partial charge in [-0.25, -0.2) is 0 Å². The van der Waals surface area contributed by atoms with Gasteiger partial charge in [-0.15, -0.1) is 11.3 Å². The highest BCUT2D eigenvalue weighted by Crippen LogP contribution is 2.30. The maximum Gasteiger partial charge on any atom is 0.245 e. The number of carbonyl (C=O) groups excluding carboxylic acids is 2. The van der Waals surface area contributed by atoms with Crippen molar-refractivity contribution < 1.29 is 9.59 Å². The Balaban J connectivity index is 1.50. The van der Waals surface area contributed by atoms with Gasteiger partial charge in [0.15, 0.2) is 0 Å². The summed E-state index contributed by atoms with van der Waals surface area (Å²) in [5.74, 6) is -0.0494. The highest BCUT2D eigenvalue weighted by Gasteiger charge is 2.36. The van der Waals surface area contributed by atoms with E-state index in [-0.39, 0.29) is 18.4 Å². The third-order valence-electron chi connectivity index (χ3n) is 4.80. The number of benzene rings is 2. The Hall–Kier alpha value is -2.37. The summed E-state index contributed by atoms with van der Waals surface area (Å²) >= 11 is 7.66. The summed E-state index contributed by atoms with van der Waals surface area (Å²) in [6, 6.07) is 17.8. The van der Waals surface area contributed by atoms with Crippen LogP contribution < -0.4 is 0 Å². The summed E-state index contributed by atoms with van der Waals surface area (Å²) in [6.07, 6.45) is 0. The van der Waals surface area contributed by atoms with Crippen LogP contribution in [0.4, 0.5) is 0 Å². The van der Waals surface area contributed by atoms with Gasteiger partial charge in [-0.05, 0) is 42.1 Å². The van der Waals surface area contributed by atoms with Gasteiger partial charge in [0.25, 0.3) is 0 Å². The van der Waals surface area contributed by atoms with E-state index >= 15 is 0 Å². The van der Waals surface area contributed by atoms with Crippen molar-refractivity contribution in [3.63, 3.8) is 0 Å². The van der Waals surface area contributed by atoms with E-state index < -0.39 is 6.04 Å². The Morgan fingerprint density at radius 1 is 1.15 bits per heavy atom. The van der Waals surface area contributed by atoms with Gasteiger partial charge in [0.1, 0.15) is 12.6 Å². The number of thiophene rings is 1. The zero-order valence-electron chi connectivity index (χ0n) is 14.8. The first-order chi connectivity index (χ1) is 13.0. The molecule has 1 aromatic heterocycles. The summed E-state index contributed by atoms with van der Waals surface area (Å²) in [4.78, 5) is 29.9. The zero-order chi connectivity index (χ0) is 19.0. The average Bonchev–Trinajstić information content (AvgIpc) is 3.05. The molecular formula is C21H18ClN2O2S. The molecule has 0 unspecified atom stereocenters. The minimum atomic E-state index is -0.473. The van der Waals surface area contributed by atoms with Gasteiger partial charge in [-0.1, -0.05) is 41.9 Å². The van der Waals surface area contributed by atoms with Crippen LogP contribution in [0.1, 0.15) is 17.4 Å². The van der Waals surface area contributed by atoms with Crippen molar-refractivity contribution in [3.8, 4) is 0 Å². The van der Waals surface area contributed by atoms with Crippen LogP contribution in [0.5, 0.6) is 0 Å². The minimum absolute atomic E-state index is 0.0208. The SMILES string of the molecule is C[C@@H]1C(=O)N(Cc2cc3ccc(Cl)cc3s2)CC(=O)N1Cc1cc[c]cc1. The lowest BCUT2D eigenvalue weighted by atomic mass is 10.1. The summed E-state index contributed by atoms with van der Waals surface area (Å²) in [7, 11) is 0. The molecule has 2 heterocycles. The van der Waals surface area contributed by atoms with E-state index in [4.69, 9.17) is 11.6 Å². The van der Waals surface area contributed by atoms with Crippen LogP contribution in [0.3, 0.4) is 0 Å². The molecule has 2 amide bonds. The molecule has 1 aliphatic heterocycles. The van der Waals surface area contributed by atoms with Gasteiger partial charge in [0, 0.05) is 21.1 Å². The van der Waals surface area contributed by atoms with Crippen molar-refractivity contribution in [2.24, 2.45) is 0 Å². The van der Waals surface area contributed by atoms with Crippen LogP contribution in [0, 0.1) is 6.07 Å². The molecule has 6 heteroatoms. The van der Waals surface area contributed by atoms with Gasteiger partial charge in [-0.3, -0.25) is 9.59 Å². The number of fused-ring (bicyclic) bond motifs is 1. The van der Waals surface area contributed by atoms with Crippen LogP contribution in [0.2, 0.25) is 5.02 Å². The number of hydrogen-bond acceptors (Lipinski definition) is 3. The Labute approximate surface area is 167 Å². The van der Waals surface area contributed by atoms with Crippen LogP contribution in [0.15, 0.2) is 48.5 Å². The van der Waals surface area contributed by atoms with Crippen molar-refractivity contribution in [2.45, 2.75) is 26.1 Å². The number of carbonyl (C=O) groups is 2. The van der Waals surface area contributed by atoms with Crippen LogP contribution >= 0.6 is 22.9 Å². The molecule has 0 spiro atoms. The molecule has 1 saturated heterocycles. The van der Waals surface area contributed by atoms with Crippen molar-refractivity contribution in [2.75, 3.05) is 6.54 Å². The Kier molecular flexibility index (Phi) is 4.89. The molecule has 0 N–H and O–H groups in total. The molecule has 0 saturated carbocycles. The lowest BCUT2D eigenvalue weighted by molar-refractivity contribution is -0.156. The van der Waals surface area contributed by atoms with Gasteiger partial charge >= 0.3 is 0 Å². The Morgan fingerprint density at radius 3 is 2.70 bits per heavy atom. The van der Waals surface area contributed by atoms with Gasteiger partial charge in [-0.2, -0.15) is 0 Å². The first-order valence-corrected chi connectivity index (χ1v) is 9.92. The largest absolute Gasteiger partial charge is 0.326 e. The number of amides is 2. The first kappa shape index (κ1) is 18.0. The highest BCUT2D eigenvalue weighted by molar-refractivity contribution is 7.19. The average molecular weight is 398 g/mol. The maximum absolute atomic E-state index is 12.9. The molecule has 1 aliphatic rings. The fourth-order valence-electron chi connectivity index (χ4n) is 3.35. The van der Waals surface area contributed by atoms with Crippen molar-refractivity contribution in [1.29, 1.82) is 0 Å². The number of nitrogens with zero attached hydrogens (tertiary/aromatic N) is 2. The molecule has 27 heavy (non-hydrogen) atoms. The molecule has 137 valence electrons. The topological polar surface area (TPSA) is 40.6 Å². The third kappa shape index (κ3) is 3.70. The zero-order valence-corrected chi connectivity index (χ0v) is 16.4. The van der Waals surface area contributed by atoms with Crippen molar-refractivity contribution >= 4 is 44.8 Å². The molecule has 0 aliphatic carbocycles. The van der Waals surface area contributed by atoms with Crippen LogP contribution in [-0.2, 0) is 22.7 Å². The minimum Gasteiger partial charge on any atom is -0.326 e. The molecule has 1 radical (unpaired) electrons. The van der Waals surface area contributed by atoms with E-state index in [0.29, 0.717) is 18.1 Å². The number of rotatable bonds is 4. The molecule has 4 nitrogen and oxygen atoms in total. The highest BCUT2D eigenvalue weighted by atomic mass is 35.5. The quantitative estimate of drug-likeness (QED) is 0.664. The lowest BCUT2D eigenvalue weighted by Crippen LogP contribution is -2.57.